The van der Waals surface area contributed by atoms with Crippen molar-refractivity contribution >= 4 is 29.0 Å². The largest absolute Gasteiger partial charge is 0.390 e. The molecule has 2 N–H and O–H groups in total. The summed E-state index contributed by atoms with van der Waals surface area (Å²) in [6, 6.07) is 13.4. The number of benzene rings is 2. The van der Waals surface area contributed by atoms with Crippen LogP contribution < -0.4 is 5.32 Å². The van der Waals surface area contributed by atoms with Crippen molar-refractivity contribution in [3.63, 3.8) is 0 Å². The van der Waals surface area contributed by atoms with Crippen LogP contribution in [0.1, 0.15) is 42.4 Å². The number of hydrogen-bond donors (Lipinski definition) is 2. The summed E-state index contributed by atoms with van der Waals surface area (Å²) >= 11 is 12.5. The van der Waals surface area contributed by atoms with Gasteiger partial charge in [0.1, 0.15) is 5.82 Å². The van der Waals surface area contributed by atoms with Gasteiger partial charge in [-0.2, -0.15) is 0 Å². The SMILES string of the molecule is CCc1nc(-c2ccc(Cl)cc2Cl)c(CC)nc1NC1c2ccccc2CC1O. The van der Waals surface area contributed by atoms with E-state index in [4.69, 9.17) is 33.2 Å². The van der Waals surface area contributed by atoms with Crippen molar-refractivity contribution in [1.29, 1.82) is 0 Å². The molecule has 0 amide bonds. The first-order valence-electron chi connectivity index (χ1n) is 9.89. The van der Waals surface area contributed by atoms with E-state index in [1.807, 2.05) is 38.1 Å². The minimum atomic E-state index is -0.491. The van der Waals surface area contributed by atoms with Gasteiger partial charge in [-0.1, -0.05) is 61.3 Å². The Kier molecular flexibility index (Phi) is 5.77. The zero-order valence-electron chi connectivity index (χ0n) is 16.4. The van der Waals surface area contributed by atoms with Gasteiger partial charge in [0, 0.05) is 17.0 Å². The first-order chi connectivity index (χ1) is 14.0. The van der Waals surface area contributed by atoms with E-state index in [1.54, 1.807) is 6.07 Å². The molecule has 2 unspecified atom stereocenters. The van der Waals surface area contributed by atoms with Gasteiger partial charge in [0.2, 0.25) is 0 Å². The Morgan fingerprint density at radius 2 is 1.79 bits per heavy atom. The zero-order valence-corrected chi connectivity index (χ0v) is 17.9. The molecule has 1 aromatic heterocycles. The molecular weight excluding hydrogens is 405 g/mol. The van der Waals surface area contributed by atoms with Crippen molar-refractivity contribution in [1.82, 2.24) is 9.97 Å². The number of aryl methyl sites for hydroxylation is 2. The number of fused-ring (bicyclic) bond motifs is 1. The van der Waals surface area contributed by atoms with Crippen LogP contribution in [0.3, 0.4) is 0 Å². The smallest absolute Gasteiger partial charge is 0.148 e. The number of aromatic nitrogens is 2. The van der Waals surface area contributed by atoms with Gasteiger partial charge in [0.15, 0.2) is 0 Å². The van der Waals surface area contributed by atoms with Gasteiger partial charge in [-0.15, -0.1) is 0 Å². The van der Waals surface area contributed by atoms with Crippen LogP contribution in [0, 0.1) is 0 Å². The lowest BCUT2D eigenvalue weighted by Crippen LogP contribution is -2.23. The number of halogens is 2. The summed E-state index contributed by atoms with van der Waals surface area (Å²) in [6.07, 6.45) is 1.57. The van der Waals surface area contributed by atoms with E-state index in [2.05, 4.69) is 17.4 Å². The third-order valence-electron chi connectivity index (χ3n) is 5.39. The van der Waals surface area contributed by atoms with E-state index in [-0.39, 0.29) is 6.04 Å². The number of aliphatic hydroxyl groups is 1. The number of nitrogens with zero attached hydrogens (tertiary/aromatic N) is 2. The maximum atomic E-state index is 10.6. The first kappa shape index (κ1) is 20.1. The molecule has 4 nitrogen and oxygen atoms in total. The number of nitrogens with one attached hydrogen (secondary N) is 1. The third-order valence-corrected chi connectivity index (χ3v) is 5.94. The summed E-state index contributed by atoms with van der Waals surface area (Å²) < 4.78 is 0. The Hall–Kier alpha value is -2.14. The topological polar surface area (TPSA) is 58.0 Å². The normalized spacial score (nSPS) is 18.0. The minimum absolute atomic E-state index is 0.194. The maximum absolute atomic E-state index is 10.6. The van der Waals surface area contributed by atoms with E-state index >= 15 is 0 Å². The fraction of sp³-hybridized carbons (Fsp3) is 0.304. The second-order valence-corrected chi connectivity index (χ2v) is 8.08. The number of anilines is 1. The number of aliphatic hydroxyl groups excluding tert-OH is 1. The van der Waals surface area contributed by atoms with Crippen molar-refractivity contribution in [2.75, 3.05) is 5.32 Å². The highest BCUT2D eigenvalue weighted by Gasteiger charge is 2.31. The van der Waals surface area contributed by atoms with Crippen LogP contribution in [0.4, 0.5) is 5.82 Å². The molecule has 2 atom stereocenters. The van der Waals surface area contributed by atoms with Gasteiger partial charge >= 0.3 is 0 Å². The van der Waals surface area contributed by atoms with Gasteiger partial charge in [-0.3, -0.25) is 0 Å². The molecule has 1 aliphatic carbocycles. The first-order valence-corrected chi connectivity index (χ1v) is 10.6. The molecule has 0 saturated heterocycles. The third kappa shape index (κ3) is 3.85. The summed E-state index contributed by atoms with van der Waals surface area (Å²) in [4.78, 5) is 9.81. The molecule has 0 saturated carbocycles. The van der Waals surface area contributed by atoms with Crippen LogP contribution in [0.2, 0.25) is 10.0 Å². The quantitative estimate of drug-likeness (QED) is 0.552. The summed E-state index contributed by atoms with van der Waals surface area (Å²) in [5.74, 6) is 0.721. The zero-order chi connectivity index (χ0) is 20.5. The second kappa shape index (κ2) is 8.31. The molecule has 1 aliphatic rings. The van der Waals surface area contributed by atoms with Gasteiger partial charge in [-0.25, -0.2) is 9.97 Å². The predicted molar refractivity (Wildman–Crippen MR) is 119 cm³/mol. The molecule has 1 heterocycles. The van der Waals surface area contributed by atoms with Gasteiger partial charge in [0.25, 0.3) is 0 Å². The highest BCUT2D eigenvalue weighted by atomic mass is 35.5. The molecule has 0 bridgehead atoms. The van der Waals surface area contributed by atoms with E-state index in [9.17, 15) is 5.11 Å². The summed E-state index contributed by atoms with van der Waals surface area (Å²) in [6.45, 7) is 4.10. The van der Waals surface area contributed by atoms with E-state index in [0.29, 0.717) is 29.3 Å². The van der Waals surface area contributed by atoms with Crippen LogP contribution in [0.15, 0.2) is 42.5 Å². The van der Waals surface area contributed by atoms with E-state index in [0.717, 1.165) is 34.0 Å². The Morgan fingerprint density at radius 1 is 1.03 bits per heavy atom. The van der Waals surface area contributed by atoms with Crippen LogP contribution in [-0.4, -0.2) is 21.2 Å². The fourth-order valence-corrected chi connectivity index (χ4v) is 4.40. The highest BCUT2D eigenvalue weighted by molar-refractivity contribution is 6.36. The maximum Gasteiger partial charge on any atom is 0.148 e. The lowest BCUT2D eigenvalue weighted by atomic mass is 10.1. The van der Waals surface area contributed by atoms with Crippen LogP contribution in [0.25, 0.3) is 11.3 Å². The lowest BCUT2D eigenvalue weighted by Gasteiger charge is -2.21. The number of hydrogen-bond acceptors (Lipinski definition) is 4. The van der Waals surface area contributed by atoms with Gasteiger partial charge in [-0.05, 0) is 42.2 Å². The van der Waals surface area contributed by atoms with Crippen molar-refractivity contribution < 1.29 is 5.11 Å². The van der Waals surface area contributed by atoms with Crippen molar-refractivity contribution in [2.45, 2.75) is 45.3 Å². The van der Waals surface area contributed by atoms with Crippen LogP contribution in [0.5, 0.6) is 0 Å². The molecule has 0 aliphatic heterocycles. The molecule has 29 heavy (non-hydrogen) atoms. The molecule has 150 valence electrons. The van der Waals surface area contributed by atoms with Crippen LogP contribution in [-0.2, 0) is 19.3 Å². The van der Waals surface area contributed by atoms with Crippen molar-refractivity contribution in [3.8, 4) is 11.3 Å². The van der Waals surface area contributed by atoms with Crippen molar-refractivity contribution in [2.24, 2.45) is 0 Å². The standard InChI is InChI=1S/C23H23Cl2N3O/c1-3-18-21(16-10-9-14(24)12-17(16)25)26-19(4-2)23(27-18)28-22-15-8-6-5-7-13(15)11-20(22)29/h5-10,12,20,22,29H,3-4,11H2,1-2H3,(H,27,28). The Balaban J connectivity index is 1.76. The molecule has 2 aromatic carbocycles. The average Bonchev–Trinajstić information content (AvgIpc) is 3.03. The molecular formula is C23H23Cl2N3O. The molecule has 3 aromatic rings. The minimum Gasteiger partial charge on any atom is -0.390 e. The highest BCUT2D eigenvalue weighted by Crippen LogP contribution is 2.36. The number of rotatable bonds is 5. The summed E-state index contributed by atoms with van der Waals surface area (Å²) in [5, 5.41) is 15.2. The van der Waals surface area contributed by atoms with Gasteiger partial charge < -0.3 is 10.4 Å². The molecule has 0 spiro atoms. The monoisotopic (exact) mass is 427 g/mol. The van der Waals surface area contributed by atoms with E-state index < -0.39 is 6.10 Å². The molecule has 0 fully saturated rings. The molecule has 0 radical (unpaired) electrons. The molecule has 6 heteroatoms. The lowest BCUT2D eigenvalue weighted by molar-refractivity contribution is 0.165. The summed E-state index contributed by atoms with van der Waals surface area (Å²) in [5.41, 5.74) is 5.60. The molecule has 4 rings (SSSR count). The van der Waals surface area contributed by atoms with Crippen molar-refractivity contribution in [3.05, 3.63) is 75.0 Å². The summed E-state index contributed by atoms with van der Waals surface area (Å²) in [7, 11) is 0. The Morgan fingerprint density at radius 3 is 2.52 bits per heavy atom. The van der Waals surface area contributed by atoms with Gasteiger partial charge in [0.05, 0.1) is 34.3 Å². The van der Waals surface area contributed by atoms with Crippen LogP contribution >= 0.6 is 23.2 Å². The average molecular weight is 428 g/mol. The Labute approximate surface area is 180 Å². The Bertz CT molecular complexity index is 1050. The second-order valence-electron chi connectivity index (χ2n) is 7.24. The fourth-order valence-electron chi connectivity index (χ4n) is 3.91. The predicted octanol–water partition coefficient (Wildman–Crippen LogP) is 5.65. The van der Waals surface area contributed by atoms with E-state index in [1.165, 1.54) is 5.56 Å².